The zero-order valence-corrected chi connectivity index (χ0v) is 8.34. The summed E-state index contributed by atoms with van der Waals surface area (Å²) < 4.78 is 11.1. The van der Waals surface area contributed by atoms with Gasteiger partial charge in [-0.1, -0.05) is 0 Å². The summed E-state index contributed by atoms with van der Waals surface area (Å²) in [6.07, 6.45) is 5.65. The van der Waals surface area contributed by atoms with Crippen LogP contribution in [0.1, 0.15) is 32.1 Å². The lowest BCUT2D eigenvalue weighted by Crippen LogP contribution is -2.57. The van der Waals surface area contributed by atoms with E-state index in [9.17, 15) is 0 Å². The predicted octanol–water partition coefficient (Wildman–Crippen LogP) is 1.06. The molecule has 2 fully saturated rings. The fourth-order valence-electron chi connectivity index (χ4n) is 2.33. The van der Waals surface area contributed by atoms with E-state index in [1.54, 1.807) is 7.11 Å². The SMILES string of the molecule is COCC1(C2(N)CC2)CCCCO1. The van der Waals surface area contributed by atoms with Gasteiger partial charge >= 0.3 is 0 Å². The van der Waals surface area contributed by atoms with Crippen LogP contribution in [0.15, 0.2) is 0 Å². The van der Waals surface area contributed by atoms with Crippen molar-refractivity contribution in [3.05, 3.63) is 0 Å². The second kappa shape index (κ2) is 3.23. The van der Waals surface area contributed by atoms with Crippen molar-refractivity contribution in [1.29, 1.82) is 0 Å². The molecule has 1 unspecified atom stereocenters. The number of rotatable bonds is 3. The first-order valence-corrected chi connectivity index (χ1v) is 5.14. The van der Waals surface area contributed by atoms with Gasteiger partial charge in [0.15, 0.2) is 0 Å². The molecule has 13 heavy (non-hydrogen) atoms. The lowest BCUT2D eigenvalue weighted by Gasteiger charge is -2.41. The highest BCUT2D eigenvalue weighted by Gasteiger charge is 2.58. The Morgan fingerprint density at radius 2 is 2.08 bits per heavy atom. The molecule has 0 amide bonds. The lowest BCUT2D eigenvalue weighted by molar-refractivity contribution is -0.135. The van der Waals surface area contributed by atoms with Crippen LogP contribution < -0.4 is 5.73 Å². The third-order valence-electron chi connectivity index (χ3n) is 3.43. The van der Waals surface area contributed by atoms with Crippen LogP contribution in [0.2, 0.25) is 0 Å². The molecule has 76 valence electrons. The summed E-state index contributed by atoms with van der Waals surface area (Å²) in [6, 6.07) is 0. The maximum absolute atomic E-state index is 6.24. The van der Waals surface area contributed by atoms with Gasteiger partial charge in [-0.15, -0.1) is 0 Å². The van der Waals surface area contributed by atoms with E-state index in [1.807, 2.05) is 0 Å². The normalized spacial score (nSPS) is 37.4. The van der Waals surface area contributed by atoms with Gasteiger partial charge in [-0.2, -0.15) is 0 Å². The van der Waals surface area contributed by atoms with Crippen molar-refractivity contribution in [2.75, 3.05) is 20.3 Å². The van der Waals surface area contributed by atoms with Crippen molar-refractivity contribution in [1.82, 2.24) is 0 Å². The minimum atomic E-state index is -0.167. The molecule has 1 aliphatic carbocycles. The molecule has 0 bridgehead atoms. The van der Waals surface area contributed by atoms with Crippen LogP contribution in [0, 0.1) is 0 Å². The molecule has 1 saturated carbocycles. The van der Waals surface area contributed by atoms with Crippen LogP contribution in [0.25, 0.3) is 0 Å². The van der Waals surface area contributed by atoms with Crippen molar-refractivity contribution >= 4 is 0 Å². The fourth-order valence-corrected chi connectivity index (χ4v) is 2.33. The highest BCUT2D eigenvalue weighted by Crippen LogP contribution is 2.48. The Morgan fingerprint density at radius 1 is 1.31 bits per heavy atom. The molecule has 2 aliphatic rings. The molecule has 1 saturated heterocycles. The van der Waals surface area contributed by atoms with Crippen LogP contribution in [-0.4, -0.2) is 31.5 Å². The summed E-state index contributed by atoms with van der Waals surface area (Å²) in [5.41, 5.74) is 5.99. The van der Waals surface area contributed by atoms with Crippen molar-refractivity contribution in [3.63, 3.8) is 0 Å². The smallest absolute Gasteiger partial charge is 0.109 e. The van der Waals surface area contributed by atoms with Crippen LogP contribution in [0.4, 0.5) is 0 Å². The summed E-state index contributed by atoms with van der Waals surface area (Å²) in [6.45, 7) is 1.51. The quantitative estimate of drug-likeness (QED) is 0.715. The molecule has 0 aromatic carbocycles. The molecule has 2 rings (SSSR count). The Morgan fingerprint density at radius 3 is 2.54 bits per heavy atom. The summed E-state index contributed by atoms with van der Waals surface area (Å²) in [5, 5.41) is 0. The fraction of sp³-hybridized carbons (Fsp3) is 1.00. The molecule has 0 aromatic rings. The minimum absolute atomic E-state index is 0.0799. The third-order valence-corrected chi connectivity index (χ3v) is 3.43. The number of ether oxygens (including phenoxy) is 2. The number of nitrogens with two attached hydrogens (primary N) is 1. The van der Waals surface area contributed by atoms with Crippen LogP contribution in [0.3, 0.4) is 0 Å². The first-order chi connectivity index (χ1) is 6.22. The Labute approximate surface area is 79.6 Å². The van der Waals surface area contributed by atoms with Gasteiger partial charge in [-0.3, -0.25) is 0 Å². The van der Waals surface area contributed by atoms with Gasteiger partial charge in [-0.25, -0.2) is 0 Å². The molecular formula is C10H19NO2. The maximum atomic E-state index is 6.24. The molecule has 0 radical (unpaired) electrons. The van der Waals surface area contributed by atoms with Crippen molar-refractivity contribution in [2.24, 2.45) is 5.73 Å². The van der Waals surface area contributed by atoms with Gasteiger partial charge in [0.1, 0.15) is 5.60 Å². The summed E-state index contributed by atoms with van der Waals surface area (Å²) in [7, 11) is 1.73. The number of hydrogen-bond acceptors (Lipinski definition) is 3. The van der Waals surface area contributed by atoms with Crippen LogP contribution in [0.5, 0.6) is 0 Å². The zero-order valence-electron chi connectivity index (χ0n) is 8.34. The standard InChI is InChI=1S/C10H19NO2/c1-12-8-10(9(11)5-6-9)4-2-3-7-13-10/h2-8,11H2,1H3. The molecule has 1 aliphatic heterocycles. The third kappa shape index (κ3) is 1.49. The van der Waals surface area contributed by atoms with E-state index >= 15 is 0 Å². The van der Waals surface area contributed by atoms with Gasteiger partial charge in [-0.05, 0) is 32.1 Å². The summed E-state index contributed by atoms with van der Waals surface area (Å²) in [4.78, 5) is 0. The maximum Gasteiger partial charge on any atom is 0.109 e. The van der Waals surface area contributed by atoms with E-state index in [2.05, 4.69) is 0 Å². The first kappa shape index (κ1) is 9.44. The first-order valence-electron chi connectivity index (χ1n) is 5.14. The summed E-state index contributed by atoms with van der Waals surface area (Å²) >= 11 is 0. The highest BCUT2D eigenvalue weighted by atomic mass is 16.5. The van der Waals surface area contributed by atoms with Crippen molar-refractivity contribution in [3.8, 4) is 0 Å². The van der Waals surface area contributed by atoms with Crippen molar-refractivity contribution in [2.45, 2.75) is 43.2 Å². The second-order valence-electron chi connectivity index (χ2n) is 4.39. The van der Waals surface area contributed by atoms with Gasteiger partial charge in [0.2, 0.25) is 0 Å². The number of hydrogen-bond donors (Lipinski definition) is 1. The molecular weight excluding hydrogens is 166 g/mol. The molecule has 2 N–H and O–H groups in total. The van der Waals surface area contributed by atoms with Gasteiger partial charge in [0, 0.05) is 19.3 Å². The van der Waals surface area contributed by atoms with E-state index < -0.39 is 0 Å². The average Bonchev–Trinajstić information content (AvgIpc) is 2.88. The Hall–Kier alpha value is -0.120. The van der Waals surface area contributed by atoms with Gasteiger partial charge in [0.25, 0.3) is 0 Å². The molecule has 1 atom stereocenters. The van der Waals surface area contributed by atoms with Crippen LogP contribution in [-0.2, 0) is 9.47 Å². The predicted molar refractivity (Wildman–Crippen MR) is 50.6 cm³/mol. The topological polar surface area (TPSA) is 44.5 Å². The number of methoxy groups -OCH3 is 1. The van der Waals surface area contributed by atoms with Crippen LogP contribution >= 0.6 is 0 Å². The molecule has 3 heteroatoms. The Kier molecular flexibility index (Phi) is 2.34. The molecule has 1 heterocycles. The monoisotopic (exact) mass is 185 g/mol. The largest absolute Gasteiger partial charge is 0.382 e. The Balaban J connectivity index is 2.09. The molecule has 3 nitrogen and oxygen atoms in total. The molecule has 0 aromatic heterocycles. The van der Waals surface area contributed by atoms with Gasteiger partial charge in [0.05, 0.1) is 6.61 Å². The minimum Gasteiger partial charge on any atom is -0.382 e. The summed E-state index contributed by atoms with van der Waals surface area (Å²) in [5.74, 6) is 0. The molecule has 0 spiro atoms. The van der Waals surface area contributed by atoms with E-state index in [0.29, 0.717) is 6.61 Å². The Bertz CT molecular complexity index is 178. The van der Waals surface area contributed by atoms with Crippen molar-refractivity contribution < 1.29 is 9.47 Å². The zero-order chi connectivity index (χ0) is 9.36. The highest BCUT2D eigenvalue weighted by molar-refractivity contribution is 5.15. The lowest BCUT2D eigenvalue weighted by atomic mass is 9.85. The van der Waals surface area contributed by atoms with E-state index in [4.69, 9.17) is 15.2 Å². The second-order valence-corrected chi connectivity index (χ2v) is 4.39. The van der Waals surface area contributed by atoms with E-state index in [1.165, 1.54) is 12.8 Å². The van der Waals surface area contributed by atoms with E-state index in [-0.39, 0.29) is 11.1 Å². The van der Waals surface area contributed by atoms with Gasteiger partial charge < -0.3 is 15.2 Å². The average molecular weight is 185 g/mol. The van der Waals surface area contributed by atoms with E-state index in [0.717, 1.165) is 25.9 Å².